The molecule has 3 aromatic rings. The van der Waals surface area contributed by atoms with E-state index in [2.05, 4.69) is 39.6 Å². The summed E-state index contributed by atoms with van der Waals surface area (Å²) < 4.78 is 43.3. The largest absolute Gasteiger partial charge is 0.417 e. The van der Waals surface area contributed by atoms with Crippen molar-refractivity contribution in [2.24, 2.45) is 0 Å². The van der Waals surface area contributed by atoms with Crippen molar-refractivity contribution in [3.63, 3.8) is 0 Å². The van der Waals surface area contributed by atoms with Crippen LogP contribution in [0.4, 0.5) is 19.0 Å². The maximum atomic E-state index is 12.7. The lowest BCUT2D eigenvalue weighted by molar-refractivity contribution is -0.186. The zero-order valence-electron chi connectivity index (χ0n) is 19.0. The van der Waals surface area contributed by atoms with Crippen LogP contribution in [0.2, 0.25) is 0 Å². The summed E-state index contributed by atoms with van der Waals surface area (Å²) in [5.74, 6) is 0.487. The van der Waals surface area contributed by atoms with Gasteiger partial charge in [0.05, 0.1) is 24.5 Å². The molecule has 3 heterocycles. The van der Waals surface area contributed by atoms with Crippen LogP contribution >= 0.6 is 11.8 Å². The van der Waals surface area contributed by atoms with Crippen LogP contribution < -0.4 is 5.32 Å². The minimum atomic E-state index is -4.37. The second kappa shape index (κ2) is 9.79. The first-order chi connectivity index (χ1) is 16.8. The molecule has 5 nitrogen and oxygen atoms in total. The molecule has 2 N–H and O–H groups in total. The average molecular weight is 502 g/mol. The maximum Gasteiger partial charge on any atom is 0.417 e. The van der Waals surface area contributed by atoms with Crippen molar-refractivity contribution in [2.75, 3.05) is 18.5 Å². The van der Waals surface area contributed by atoms with E-state index < -0.39 is 17.3 Å². The van der Waals surface area contributed by atoms with E-state index in [1.807, 2.05) is 23.9 Å². The van der Waals surface area contributed by atoms with E-state index in [4.69, 9.17) is 4.74 Å². The van der Waals surface area contributed by atoms with Crippen molar-refractivity contribution in [3.05, 3.63) is 72.2 Å². The van der Waals surface area contributed by atoms with E-state index in [0.717, 1.165) is 49.1 Å². The number of rotatable bonds is 6. The highest BCUT2D eigenvalue weighted by Crippen LogP contribution is 2.36. The SMILES string of the molecule is OC1(c2cc(-c3ccc(SC4CCC(Nc5ccc(C(F)(F)F)cn5)CC4)cc3)ccn2)COC1. The summed E-state index contributed by atoms with van der Waals surface area (Å²) >= 11 is 1.86. The van der Waals surface area contributed by atoms with Gasteiger partial charge in [-0.2, -0.15) is 13.2 Å². The number of hydrogen-bond donors (Lipinski definition) is 2. The van der Waals surface area contributed by atoms with Crippen LogP contribution in [0.1, 0.15) is 36.9 Å². The number of alkyl halides is 3. The number of thioether (sulfide) groups is 1. The lowest BCUT2D eigenvalue weighted by atomic mass is 9.94. The summed E-state index contributed by atoms with van der Waals surface area (Å²) in [6.07, 6.45) is 2.18. The number of anilines is 1. The third-order valence-corrected chi connectivity index (χ3v) is 7.87. The Hall–Kier alpha value is -2.62. The van der Waals surface area contributed by atoms with Crippen LogP contribution in [0.15, 0.2) is 65.8 Å². The van der Waals surface area contributed by atoms with Gasteiger partial charge < -0.3 is 15.2 Å². The first kappa shape index (κ1) is 24.1. The van der Waals surface area contributed by atoms with E-state index in [1.54, 1.807) is 6.20 Å². The molecule has 1 aliphatic heterocycles. The second-order valence-electron chi connectivity index (χ2n) is 9.14. The van der Waals surface area contributed by atoms with Crippen molar-refractivity contribution < 1.29 is 23.0 Å². The number of pyridine rings is 2. The van der Waals surface area contributed by atoms with E-state index >= 15 is 0 Å². The molecular formula is C26H26F3N3O2S. The highest BCUT2D eigenvalue weighted by atomic mass is 32.2. The van der Waals surface area contributed by atoms with E-state index in [0.29, 0.717) is 16.8 Å². The highest BCUT2D eigenvalue weighted by Gasteiger charge is 2.39. The van der Waals surface area contributed by atoms with Crippen molar-refractivity contribution in [2.45, 2.75) is 53.6 Å². The highest BCUT2D eigenvalue weighted by molar-refractivity contribution is 8.00. The molecule has 9 heteroatoms. The van der Waals surface area contributed by atoms with E-state index in [1.165, 1.54) is 11.0 Å². The monoisotopic (exact) mass is 501 g/mol. The van der Waals surface area contributed by atoms with Crippen LogP contribution in [-0.4, -0.2) is 39.6 Å². The number of aromatic nitrogens is 2. The van der Waals surface area contributed by atoms with Gasteiger partial charge in [0.2, 0.25) is 0 Å². The summed E-state index contributed by atoms with van der Waals surface area (Å²) in [7, 11) is 0. The minimum absolute atomic E-state index is 0.218. The quantitative estimate of drug-likeness (QED) is 0.439. The lowest BCUT2D eigenvalue weighted by Crippen LogP contribution is -2.47. The molecule has 1 saturated heterocycles. The molecule has 2 aromatic heterocycles. The normalized spacial score (nSPS) is 21.8. The maximum absolute atomic E-state index is 12.7. The van der Waals surface area contributed by atoms with Gasteiger partial charge in [-0.05, 0) is 73.2 Å². The first-order valence-electron chi connectivity index (χ1n) is 11.6. The van der Waals surface area contributed by atoms with Gasteiger partial charge in [0.15, 0.2) is 5.60 Å². The summed E-state index contributed by atoms with van der Waals surface area (Å²) in [6.45, 7) is 0.551. The molecule has 2 aliphatic rings. The van der Waals surface area contributed by atoms with Crippen molar-refractivity contribution in [1.29, 1.82) is 0 Å². The number of nitrogens with zero attached hydrogens (tertiary/aromatic N) is 2. The van der Waals surface area contributed by atoms with Crippen LogP contribution in [0.3, 0.4) is 0 Å². The van der Waals surface area contributed by atoms with Crippen LogP contribution in [0, 0.1) is 0 Å². The van der Waals surface area contributed by atoms with Crippen LogP contribution in [0.5, 0.6) is 0 Å². The predicted octanol–water partition coefficient (Wildman–Crippen LogP) is 5.90. The van der Waals surface area contributed by atoms with Crippen molar-refractivity contribution >= 4 is 17.6 Å². The Bertz CT molecular complexity index is 1140. The summed E-state index contributed by atoms with van der Waals surface area (Å²) in [6, 6.07) is 15.0. The van der Waals surface area contributed by atoms with Gasteiger partial charge >= 0.3 is 6.18 Å². The Kier molecular flexibility index (Phi) is 6.74. The second-order valence-corrected chi connectivity index (χ2v) is 10.5. The fourth-order valence-corrected chi connectivity index (χ4v) is 5.59. The predicted molar refractivity (Wildman–Crippen MR) is 129 cm³/mol. The summed E-state index contributed by atoms with van der Waals surface area (Å²) in [5, 5.41) is 14.3. The van der Waals surface area contributed by atoms with Gasteiger partial charge in [-0.25, -0.2) is 4.98 Å². The number of ether oxygens (including phenoxy) is 1. The number of nitrogens with one attached hydrogen (secondary N) is 1. The molecule has 1 aromatic carbocycles. The Morgan fingerprint density at radius 3 is 2.29 bits per heavy atom. The minimum Gasteiger partial charge on any atom is -0.379 e. The number of aliphatic hydroxyl groups is 1. The smallest absolute Gasteiger partial charge is 0.379 e. The molecule has 0 atom stereocenters. The van der Waals surface area contributed by atoms with E-state index in [-0.39, 0.29) is 19.3 Å². The van der Waals surface area contributed by atoms with Crippen molar-refractivity contribution in [3.8, 4) is 11.1 Å². The fraction of sp³-hybridized carbons (Fsp3) is 0.385. The lowest BCUT2D eigenvalue weighted by Gasteiger charge is -2.35. The number of halogens is 3. The zero-order chi connectivity index (χ0) is 24.5. The summed E-state index contributed by atoms with van der Waals surface area (Å²) in [5.41, 5.74) is 0.997. The third kappa shape index (κ3) is 5.63. The average Bonchev–Trinajstić information content (AvgIpc) is 2.84. The number of hydrogen-bond acceptors (Lipinski definition) is 6. The van der Waals surface area contributed by atoms with Gasteiger partial charge in [-0.3, -0.25) is 4.98 Å². The molecule has 0 amide bonds. The molecule has 1 saturated carbocycles. The third-order valence-electron chi connectivity index (χ3n) is 6.53. The van der Waals surface area contributed by atoms with Crippen LogP contribution in [-0.2, 0) is 16.5 Å². The van der Waals surface area contributed by atoms with Gasteiger partial charge in [0.25, 0.3) is 0 Å². The topological polar surface area (TPSA) is 67.3 Å². The first-order valence-corrected chi connectivity index (χ1v) is 12.5. The Morgan fingerprint density at radius 2 is 1.69 bits per heavy atom. The fourth-order valence-electron chi connectivity index (χ4n) is 4.41. The summed E-state index contributed by atoms with van der Waals surface area (Å²) in [4.78, 5) is 9.44. The Morgan fingerprint density at radius 1 is 0.943 bits per heavy atom. The zero-order valence-corrected chi connectivity index (χ0v) is 19.8. The van der Waals surface area contributed by atoms with Gasteiger partial charge in [-0.15, -0.1) is 11.8 Å². The van der Waals surface area contributed by atoms with Gasteiger partial charge in [-0.1, -0.05) is 12.1 Å². The number of benzene rings is 1. The van der Waals surface area contributed by atoms with Crippen LogP contribution in [0.25, 0.3) is 11.1 Å². The molecule has 0 radical (unpaired) electrons. The molecule has 2 fully saturated rings. The Balaban J connectivity index is 1.13. The molecule has 1 aliphatic carbocycles. The van der Waals surface area contributed by atoms with Gasteiger partial charge in [0, 0.05) is 28.6 Å². The van der Waals surface area contributed by atoms with Crippen molar-refractivity contribution in [1.82, 2.24) is 9.97 Å². The molecule has 0 unspecified atom stereocenters. The molecular weight excluding hydrogens is 475 g/mol. The Labute approximate surface area is 206 Å². The molecule has 184 valence electrons. The molecule has 35 heavy (non-hydrogen) atoms. The standard InChI is InChI=1S/C26H26F3N3O2S/c27-26(28,29)19-3-10-24(31-14-19)32-20-4-8-22(9-5-20)35-21-6-1-17(2-7-21)18-11-12-30-23(13-18)25(33)15-34-16-25/h1-3,6-7,10-14,20,22,33H,4-5,8-9,15-16H2,(H,31,32). The molecule has 0 spiro atoms. The van der Waals surface area contributed by atoms with Gasteiger partial charge in [0.1, 0.15) is 5.82 Å². The molecule has 5 rings (SSSR count). The van der Waals surface area contributed by atoms with E-state index in [9.17, 15) is 18.3 Å². The molecule has 0 bridgehead atoms.